The van der Waals surface area contributed by atoms with Crippen molar-refractivity contribution in [2.24, 2.45) is 0 Å². The fourth-order valence-electron chi connectivity index (χ4n) is 3.25. The summed E-state index contributed by atoms with van der Waals surface area (Å²) in [6.45, 7) is 3.25. The largest absolute Gasteiger partial charge is 0.378 e. The minimum absolute atomic E-state index is 0.0170. The molecule has 0 spiro atoms. The number of nitrogens with one attached hydrogen (secondary N) is 2. The lowest BCUT2D eigenvalue weighted by molar-refractivity contribution is -0.384. The molecule has 1 unspecified atom stereocenters. The van der Waals surface area contributed by atoms with Gasteiger partial charge >= 0.3 is 0 Å². The molecule has 2 rings (SSSR count). The summed E-state index contributed by atoms with van der Waals surface area (Å²) in [6, 6.07) is 12.2. The number of hydrogen-bond acceptors (Lipinski definition) is 7. The number of likely N-dealkylation sites (N-methyl/N-ethyl adjacent to an activating group) is 2. The Morgan fingerprint density at radius 2 is 1.72 bits per heavy atom. The number of nitrogens with zero attached hydrogens (tertiary/aromatic N) is 3. The first-order valence-corrected chi connectivity index (χ1v) is 12.0. The summed E-state index contributed by atoms with van der Waals surface area (Å²) in [5.41, 5.74) is 2.33. The van der Waals surface area contributed by atoms with Crippen LogP contribution in [0, 0.1) is 10.1 Å². The van der Waals surface area contributed by atoms with E-state index < -0.39 is 14.9 Å². The predicted molar refractivity (Wildman–Crippen MR) is 128 cm³/mol. The van der Waals surface area contributed by atoms with Gasteiger partial charge in [-0.05, 0) is 57.9 Å². The van der Waals surface area contributed by atoms with E-state index in [-0.39, 0.29) is 28.9 Å². The van der Waals surface area contributed by atoms with E-state index in [0.29, 0.717) is 13.1 Å². The third-order valence-corrected chi connectivity index (χ3v) is 6.67. The fourth-order valence-corrected chi connectivity index (χ4v) is 4.29. The number of benzene rings is 2. The van der Waals surface area contributed by atoms with Crippen molar-refractivity contribution in [2.45, 2.75) is 24.3 Å². The standard InChI is InChI=1S/C22H33N5O4S/c1-6-17-7-9-18(10-8-17)22(26(4)5)16-23-20-12-11-19(15-21(20)27(28)29)32(30,31)24-13-14-25(2)3/h7-12,15,22-24H,6,13-14,16H2,1-5H3. The lowest BCUT2D eigenvalue weighted by atomic mass is 10.0. The number of nitro benzene ring substituents is 1. The molecule has 2 aromatic rings. The molecule has 0 aliphatic heterocycles. The van der Waals surface area contributed by atoms with Crippen molar-refractivity contribution in [2.75, 3.05) is 53.1 Å². The SMILES string of the molecule is CCc1ccc(C(CNc2ccc(S(=O)(=O)NCCN(C)C)cc2[N+](=O)[O-])N(C)C)cc1. The normalized spacial score (nSPS) is 12.8. The maximum Gasteiger partial charge on any atom is 0.293 e. The summed E-state index contributed by atoms with van der Waals surface area (Å²) in [7, 11) is 3.72. The second-order valence-electron chi connectivity index (χ2n) is 8.09. The van der Waals surface area contributed by atoms with Crippen molar-refractivity contribution in [3.63, 3.8) is 0 Å². The summed E-state index contributed by atoms with van der Waals surface area (Å²) in [5.74, 6) is 0. The van der Waals surface area contributed by atoms with Crippen LogP contribution in [0.15, 0.2) is 47.4 Å². The highest BCUT2D eigenvalue weighted by atomic mass is 32.2. The van der Waals surface area contributed by atoms with Crippen LogP contribution in [0.4, 0.5) is 11.4 Å². The molecule has 0 aromatic heterocycles. The Kier molecular flexibility index (Phi) is 9.14. The van der Waals surface area contributed by atoms with E-state index in [1.807, 2.05) is 38.0 Å². The highest BCUT2D eigenvalue weighted by molar-refractivity contribution is 7.89. The molecule has 0 saturated heterocycles. The van der Waals surface area contributed by atoms with Gasteiger partial charge in [-0.25, -0.2) is 13.1 Å². The van der Waals surface area contributed by atoms with Crippen LogP contribution < -0.4 is 10.0 Å². The number of rotatable bonds is 12. The number of anilines is 1. The van der Waals surface area contributed by atoms with Crippen LogP contribution in [0.2, 0.25) is 0 Å². The van der Waals surface area contributed by atoms with E-state index in [1.54, 1.807) is 0 Å². The van der Waals surface area contributed by atoms with E-state index in [1.165, 1.54) is 17.7 Å². The second-order valence-corrected chi connectivity index (χ2v) is 9.86. The van der Waals surface area contributed by atoms with Crippen molar-refractivity contribution < 1.29 is 13.3 Å². The number of sulfonamides is 1. The first kappa shape index (κ1) is 25.7. The molecule has 0 amide bonds. The van der Waals surface area contributed by atoms with Crippen molar-refractivity contribution >= 4 is 21.4 Å². The first-order valence-electron chi connectivity index (χ1n) is 10.5. The average Bonchev–Trinajstić information content (AvgIpc) is 2.73. The second kappa shape index (κ2) is 11.4. The zero-order valence-electron chi connectivity index (χ0n) is 19.3. The van der Waals surface area contributed by atoms with Gasteiger partial charge in [-0.2, -0.15) is 0 Å². The van der Waals surface area contributed by atoms with Crippen molar-refractivity contribution in [1.82, 2.24) is 14.5 Å². The van der Waals surface area contributed by atoms with Crippen molar-refractivity contribution in [3.8, 4) is 0 Å². The molecular weight excluding hydrogens is 430 g/mol. The van der Waals surface area contributed by atoms with Gasteiger partial charge in [-0.15, -0.1) is 0 Å². The average molecular weight is 464 g/mol. The molecule has 1 atom stereocenters. The maximum atomic E-state index is 12.5. The number of nitro groups is 1. The summed E-state index contributed by atoms with van der Waals surface area (Å²) < 4.78 is 27.5. The monoisotopic (exact) mass is 463 g/mol. The Balaban J connectivity index is 2.22. The zero-order chi connectivity index (χ0) is 23.9. The molecule has 0 fully saturated rings. The minimum atomic E-state index is -3.84. The summed E-state index contributed by atoms with van der Waals surface area (Å²) in [6.07, 6.45) is 0.955. The molecule has 176 valence electrons. The van der Waals surface area contributed by atoms with Gasteiger partial charge in [0.25, 0.3) is 5.69 Å². The van der Waals surface area contributed by atoms with E-state index >= 15 is 0 Å². The molecule has 2 aromatic carbocycles. The van der Waals surface area contributed by atoms with Crippen LogP contribution in [0.3, 0.4) is 0 Å². The molecule has 0 radical (unpaired) electrons. The lowest BCUT2D eigenvalue weighted by Gasteiger charge is -2.25. The maximum absolute atomic E-state index is 12.5. The molecule has 32 heavy (non-hydrogen) atoms. The molecule has 0 aliphatic rings. The summed E-state index contributed by atoms with van der Waals surface area (Å²) >= 11 is 0. The van der Waals surface area contributed by atoms with Gasteiger partial charge in [0, 0.05) is 25.7 Å². The molecule has 0 aliphatic carbocycles. The van der Waals surface area contributed by atoms with Gasteiger partial charge in [0.05, 0.1) is 15.9 Å². The molecule has 0 heterocycles. The van der Waals surface area contributed by atoms with Gasteiger partial charge in [0.1, 0.15) is 5.69 Å². The van der Waals surface area contributed by atoms with Crippen LogP contribution in [-0.2, 0) is 16.4 Å². The van der Waals surface area contributed by atoms with E-state index in [0.717, 1.165) is 18.1 Å². The van der Waals surface area contributed by atoms with Crippen LogP contribution in [-0.4, -0.2) is 71.0 Å². The topological polar surface area (TPSA) is 108 Å². The third-order valence-electron chi connectivity index (χ3n) is 5.21. The van der Waals surface area contributed by atoms with E-state index in [9.17, 15) is 18.5 Å². The predicted octanol–water partition coefficient (Wildman–Crippen LogP) is 2.71. The van der Waals surface area contributed by atoms with Crippen LogP contribution >= 0.6 is 0 Å². The van der Waals surface area contributed by atoms with Crippen LogP contribution in [0.1, 0.15) is 24.1 Å². The van der Waals surface area contributed by atoms with Crippen molar-refractivity contribution in [3.05, 3.63) is 63.7 Å². The minimum Gasteiger partial charge on any atom is -0.378 e. The van der Waals surface area contributed by atoms with Gasteiger partial charge in [0.2, 0.25) is 10.0 Å². The Morgan fingerprint density at radius 3 is 2.25 bits per heavy atom. The first-order chi connectivity index (χ1) is 15.0. The zero-order valence-corrected chi connectivity index (χ0v) is 20.1. The van der Waals surface area contributed by atoms with Crippen LogP contribution in [0.25, 0.3) is 0 Å². The molecule has 10 heteroatoms. The molecular formula is C22H33N5O4S. The van der Waals surface area contributed by atoms with Gasteiger partial charge in [0.15, 0.2) is 0 Å². The number of hydrogen-bond donors (Lipinski definition) is 2. The van der Waals surface area contributed by atoms with Crippen molar-refractivity contribution in [1.29, 1.82) is 0 Å². The highest BCUT2D eigenvalue weighted by Gasteiger charge is 2.22. The molecule has 0 bridgehead atoms. The fraction of sp³-hybridized carbons (Fsp3) is 0.455. The smallest absolute Gasteiger partial charge is 0.293 e. The van der Waals surface area contributed by atoms with Crippen LogP contribution in [0.5, 0.6) is 0 Å². The Morgan fingerprint density at radius 1 is 1.06 bits per heavy atom. The number of aryl methyl sites for hydroxylation is 1. The van der Waals surface area contributed by atoms with Gasteiger partial charge in [-0.1, -0.05) is 31.2 Å². The third kappa shape index (κ3) is 6.99. The Hall–Kier alpha value is -2.53. The summed E-state index contributed by atoms with van der Waals surface area (Å²) in [5, 5.41) is 14.8. The lowest BCUT2D eigenvalue weighted by Crippen LogP contribution is -2.31. The highest BCUT2D eigenvalue weighted by Crippen LogP contribution is 2.29. The molecule has 2 N–H and O–H groups in total. The summed E-state index contributed by atoms with van der Waals surface area (Å²) in [4.78, 5) is 14.8. The van der Waals surface area contributed by atoms with E-state index in [2.05, 4.69) is 41.2 Å². The van der Waals surface area contributed by atoms with E-state index in [4.69, 9.17) is 0 Å². The van der Waals surface area contributed by atoms with Gasteiger partial charge < -0.3 is 15.1 Å². The van der Waals surface area contributed by atoms with Gasteiger partial charge in [-0.3, -0.25) is 10.1 Å². The molecule has 0 saturated carbocycles. The Labute approximate surface area is 190 Å². The quantitative estimate of drug-likeness (QED) is 0.368. The molecule has 9 nitrogen and oxygen atoms in total. The Bertz CT molecular complexity index is 1010.